The number of ether oxygens (including phenoxy) is 2. The average molecular weight is 265 g/mol. The lowest BCUT2D eigenvalue weighted by Crippen LogP contribution is -2.31. The number of rotatable bonds is 5. The van der Waals surface area contributed by atoms with Gasteiger partial charge in [-0.25, -0.2) is 0 Å². The summed E-state index contributed by atoms with van der Waals surface area (Å²) in [6, 6.07) is 0.633. The van der Waals surface area contributed by atoms with Crippen molar-refractivity contribution >= 4 is 11.9 Å². The van der Waals surface area contributed by atoms with Crippen molar-refractivity contribution in [2.75, 3.05) is 24.3 Å². The Labute approximate surface area is 112 Å². The molecule has 2 aliphatic rings. The Morgan fingerprint density at radius 1 is 1.26 bits per heavy atom. The van der Waals surface area contributed by atoms with Gasteiger partial charge in [-0.15, -0.1) is 0 Å². The van der Waals surface area contributed by atoms with Crippen LogP contribution in [0, 0.1) is 0 Å². The van der Waals surface area contributed by atoms with Gasteiger partial charge in [0.2, 0.25) is 11.9 Å². The molecule has 104 valence electrons. The lowest BCUT2D eigenvalue weighted by atomic mass is 9.96. The van der Waals surface area contributed by atoms with Crippen LogP contribution >= 0.6 is 0 Å². The Balaban J connectivity index is 1.74. The highest BCUT2D eigenvalue weighted by atomic mass is 16.5. The predicted octanol–water partition coefficient (Wildman–Crippen LogP) is 1.04. The van der Waals surface area contributed by atoms with Gasteiger partial charge in [0.1, 0.15) is 0 Å². The second-order valence-electron chi connectivity index (χ2n) is 4.81. The Bertz CT molecular complexity index is 456. The molecule has 0 saturated carbocycles. The average Bonchev–Trinajstić information content (AvgIpc) is 3.01. The number of hydrogen-bond acceptors (Lipinski definition) is 7. The lowest BCUT2D eigenvalue weighted by molar-refractivity contribution is 0.102. The fraction of sp³-hybridized carbons (Fsp3) is 0.750. The van der Waals surface area contributed by atoms with Crippen LogP contribution in [-0.4, -0.2) is 46.9 Å². The number of nitrogens with zero attached hydrogens (tertiary/aromatic N) is 3. The first kappa shape index (κ1) is 12.4. The van der Waals surface area contributed by atoms with E-state index in [-0.39, 0.29) is 6.10 Å². The molecule has 3 heterocycles. The molecule has 0 aromatic carbocycles. The molecule has 0 spiro atoms. The smallest absolute Gasteiger partial charge is 0.323 e. The summed E-state index contributed by atoms with van der Waals surface area (Å²) in [7, 11) is 1.77. The second-order valence-corrected chi connectivity index (χ2v) is 4.81. The molecule has 0 amide bonds. The number of nitrogens with one attached hydrogen (secondary N) is 2. The van der Waals surface area contributed by atoms with Gasteiger partial charge in [-0.3, -0.25) is 0 Å². The maximum absolute atomic E-state index is 5.81. The summed E-state index contributed by atoms with van der Waals surface area (Å²) in [5.41, 5.74) is 0. The molecule has 7 nitrogen and oxygen atoms in total. The molecule has 2 fully saturated rings. The molecule has 3 unspecified atom stereocenters. The molecule has 0 aliphatic carbocycles. The minimum absolute atomic E-state index is 0.287. The zero-order valence-electron chi connectivity index (χ0n) is 11.2. The molecule has 1 aromatic heterocycles. The van der Waals surface area contributed by atoms with Gasteiger partial charge in [0.15, 0.2) is 0 Å². The van der Waals surface area contributed by atoms with E-state index < -0.39 is 0 Å². The van der Waals surface area contributed by atoms with Crippen molar-refractivity contribution in [3.8, 4) is 6.01 Å². The van der Waals surface area contributed by atoms with Crippen LogP contribution in [0.4, 0.5) is 11.9 Å². The standard InChI is InChI=1S/C12H19N5O2/c1-3-18-12-16-10(13-2)15-11(17-12)14-8-6-7-4-5-9(8)19-7/h7-9H,3-6H2,1-2H3,(H2,13,14,15,16,17). The van der Waals surface area contributed by atoms with E-state index in [1.807, 2.05) is 6.92 Å². The molecular formula is C12H19N5O2. The SMILES string of the molecule is CCOc1nc(NC)nc(NC2CC3CCC2O3)n1. The predicted molar refractivity (Wildman–Crippen MR) is 70.5 cm³/mol. The highest BCUT2D eigenvalue weighted by Crippen LogP contribution is 2.35. The maximum Gasteiger partial charge on any atom is 0.323 e. The molecular weight excluding hydrogens is 246 g/mol. The van der Waals surface area contributed by atoms with Crippen molar-refractivity contribution in [2.45, 2.75) is 44.4 Å². The fourth-order valence-corrected chi connectivity index (χ4v) is 2.68. The quantitative estimate of drug-likeness (QED) is 0.823. The van der Waals surface area contributed by atoms with Crippen molar-refractivity contribution in [1.29, 1.82) is 0 Å². The normalized spacial score (nSPS) is 28.4. The number of anilines is 2. The van der Waals surface area contributed by atoms with Crippen molar-refractivity contribution in [1.82, 2.24) is 15.0 Å². The maximum atomic E-state index is 5.81. The highest BCUT2D eigenvalue weighted by molar-refractivity contribution is 5.36. The van der Waals surface area contributed by atoms with E-state index in [0.717, 1.165) is 12.8 Å². The summed E-state index contributed by atoms with van der Waals surface area (Å²) in [4.78, 5) is 12.7. The molecule has 7 heteroatoms. The third-order valence-electron chi connectivity index (χ3n) is 3.53. The molecule has 1 aromatic rings. The first-order valence-corrected chi connectivity index (χ1v) is 6.77. The van der Waals surface area contributed by atoms with Crippen molar-refractivity contribution in [3.05, 3.63) is 0 Å². The largest absolute Gasteiger partial charge is 0.464 e. The van der Waals surface area contributed by atoms with E-state index in [4.69, 9.17) is 9.47 Å². The fourth-order valence-electron chi connectivity index (χ4n) is 2.68. The Kier molecular flexibility index (Phi) is 3.37. The molecule has 2 aliphatic heterocycles. The molecule has 3 atom stereocenters. The van der Waals surface area contributed by atoms with Gasteiger partial charge in [0, 0.05) is 7.05 Å². The summed E-state index contributed by atoms with van der Waals surface area (Å²) < 4.78 is 11.2. The monoisotopic (exact) mass is 265 g/mol. The number of fused-ring (bicyclic) bond motifs is 2. The van der Waals surface area contributed by atoms with Gasteiger partial charge in [0.05, 0.1) is 24.9 Å². The van der Waals surface area contributed by atoms with E-state index in [1.165, 1.54) is 6.42 Å². The molecule has 2 bridgehead atoms. The summed E-state index contributed by atoms with van der Waals surface area (Å²) in [6.07, 6.45) is 4.00. The van der Waals surface area contributed by atoms with Gasteiger partial charge in [-0.2, -0.15) is 15.0 Å². The van der Waals surface area contributed by atoms with E-state index >= 15 is 0 Å². The van der Waals surface area contributed by atoms with Crippen LogP contribution in [0.25, 0.3) is 0 Å². The van der Waals surface area contributed by atoms with Crippen LogP contribution in [0.2, 0.25) is 0 Å². The highest BCUT2D eigenvalue weighted by Gasteiger charge is 2.41. The van der Waals surface area contributed by atoms with Gasteiger partial charge >= 0.3 is 6.01 Å². The van der Waals surface area contributed by atoms with Gasteiger partial charge < -0.3 is 20.1 Å². The molecule has 3 rings (SSSR count). The van der Waals surface area contributed by atoms with E-state index in [1.54, 1.807) is 7.05 Å². The van der Waals surface area contributed by atoms with Gasteiger partial charge in [-0.05, 0) is 26.2 Å². The van der Waals surface area contributed by atoms with Crippen LogP contribution in [0.1, 0.15) is 26.2 Å². The minimum Gasteiger partial charge on any atom is -0.464 e. The number of hydrogen-bond donors (Lipinski definition) is 2. The van der Waals surface area contributed by atoms with E-state index in [0.29, 0.717) is 36.7 Å². The third-order valence-corrected chi connectivity index (χ3v) is 3.53. The summed E-state index contributed by atoms with van der Waals surface area (Å²) in [5, 5.41) is 6.25. The summed E-state index contributed by atoms with van der Waals surface area (Å²) >= 11 is 0. The van der Waals surface area contributed by atoms with E-state index in [9.17, 15) is 0 Å². The topological polar surface area (TPSA) is 81.2 Å². The molecule has 19 heavy (non-hydrogen) atoms. The van der Waals surface area contributed by atoms with Gasteiger partial charge in [0.25, 0.3) is 0 Å². The summed E-state index contributed by atoms with van der Waals surface area (Å²) in [6.45, 7) is 2.43. The Morgan fingerprint density at radius 2 is 2.11 bits per heavy atom. The van der Waals surface area contributed by atoms with Crippen LogP contribution < -0.4 is 15.4 Å². The van der Waals surface area contributed by atoms with Crippen LogP contribution in [0.3, 0.4) is 0 Å². The van der Waals surface area contributed by atoms with E-state index in [2.05, 4.69) is 25.6 Å². The van der Waals surface area contributed by atoms with Crippen molar-refractivity contribution < 1.29 is 9.47 Å². The zero-order chi connectivity index (χ0) is 13.2. The number of aromatic nitrogens is 3. The van der Waals surface area contributed by atoms with Gasteiger partial charge in [-0.1, -0.05) is 0 Å². The minimum atomic E-state index is 0.287. The third kappa shape index (κ3) is 2.56. The Morgan fingerprint density at radius 3 is 2.74 bits per heavy atom. The first-order valence-electron chi connectivity index (χ1n) is 6.77. The molecule has 2 N–H and O–H groups in total. The first-order chi connectivity index (χ1) is 9.28. The Hall–Kier alpha value is -1.63. The van der Waals surface area contributed by atoms with Crippen molar-refractivity contribution in [3.63, 3.8) is 0 Å². The van der Waals surface area contributed by atoms with Crippen LogP contribution in [0.15, 0.2) is 0 Å². The van der Waals surface area contributed by atoms with Crippen LogP contribution in [0.5, 0.6) is 6.01 Å². The molecule has 0 radical (unpaired) electrons. The second kappa shape index (κ2) is 5.16. The lowest BCUT2D eigenvalue weighted by Gasteiger charge is -2.20. The van der Waals surface area contributed by atoms with Crippen LogP contribution in [-0.2, 0) is 4.74 Å². The molecule has 2 saturated heterocycles. The summed E-state index contributed by atoms with van der Waals surface area (Å²) in [5.74, 6) is 1.05. The van der Waals surface area contributed by atoms with Crippen molar-refractivity contribution in [2.24, 2.45) is 0 Å². The zero-order valence-corrected chi connectivity index (χ0v) is 11.2.